The average molecular weight is 233 g/mol. The van der Waals surface area contributed by atoms with Crippen molar-refractivity contribution in [2.45, 2.75) is 52.0 Å². The molecule has 3 nitrogen and oxygen atoms in total. The van der Waals surface area contributed by atoms with Crippen LogP contribution in [-0.4, -0.2) is 17.6 Å². The lowest BCUT2D eigenvalue weighted by Crippen LogP contribution is -2.35. The molecule has 1 saturated heterocycles. The second-order valence-electron chi connectivity index (χ2n) is 5.01. The van der Waals surface area contributed by atoms with Gasteiger partial charge in [0.15, 0.2) is 0 Å². The molecule has 0 saturated carbocycles. The van der Waals surface area contributed by atoms with Gasteiger partial charge in [0.2, 0.25) is 0 Å². The maximum Gasteiger partial charge on any atom is 0.131 e. The highest BCUT2D eigenvalue weighted by Crippen LogP contribution is 2.27. The van der Waals surface area contributed by atoms with Crippen molar-refractivity contribution in [2.75, 3.05) is 17.2 Å². The van der Waals surface area contributed by atoms with Gasteiger partial charge in [0.1, 0.15) is 5.82 Å². The van der Waals surface area contributed by atoms with Crippen LogP contribution < -0.4 is 10.6 Å². The molecular weight excluding hydrogens is 210 g/mol. The van der Waals surface area contributed by atoms with E-state index < -0.39 is 0 Å². The molecule has 1 aromatic heterocycles. The molecule has 2 N–H and O–H groups in total. The molecule has 94 valence electrons. The maximum atomic E-state index is 5.77. The maximum absolute atomic E-state index is 5.77. The van der Waals surface area contributed by atoms with Crippen LogP contribution >= 0.6 is 0 Å². The second kappa shape index (κ2) is 5.39. The smallest absolute Gasteiger partial charge is 0.131 e. The van der Waals surface area contributed by atoms with Crippen molar-refractivity contribution < 1.29 is 0 Å². The van der Waals surface area contributed by atoms with Gasteiger partial charge in [0.25, 0.3) is 0 Å². The largest absolute Gasteiger partial charge is 0.397 e. The van der Waals surface area contributed by atoms with Gasteiger partial charge in [-0.15, -0.1) is 0 Å². The molecule has 3 heteroatoms. The van der Waals surface area contributed by atoms with Crippen LogP contribution in [0.2, 0.25) is 0 Å². The number of aromatic nitrogens is 1. The van der Waals surface area contributed by atoms with Crippen LogP contribution in [0.4, 0.5) is 11.5 Å². The standard InChI is InChI=1S/C14H23N3/c1-3-13-7-5-4-6-8-17(13)14-11(2)9-12(15)10-16-14/h9-10,13H,3-8,15H2,1-2H3. The van der Waals surface area contributed by atoms with E-state index in [-0.39, 0.29) is 0 Å². The molecule has 0 aliphatic carbocycles. The summed E-state index contributed by atoms with van der Waals surface area (Å²) >= 11 is 0. The molecular formula is C14H23N3. The Morgan fingerprint density at radius 1 is 1.41 bits per heavy atom. The molecule has 0 spiro atoms. The Labute approximate surface area is 104 Å². The normalized spacial score (nSPS) is 21.3. The first-order valence-electron chi connectivity index (χ1n) is 6.71. The Bertz CT molecular complexity index is 376. The minimum atomic E-state index is 0.646. The Kier molecular flexibility index (Phi) is 3.87. The number of nitrogen functional groups attached to an aromatic ring is 1. The summed E-state index contributed by atoms with van der Waals surface area (Å²) in [7, 11) is 0. The molecule has 0 aromatic carbocycles. The predicted octanol–water partition coefficient (Wildman–Crippen LogP) is 3.13. The zero-order valence-corrected chi connectivity index (χ0v) is 10.9. The molecule has 1 unspecified atom stereocenters. The van der Waals surface area contributed by atoms with Gasteiger partial charge in [-0.25, -0.2) is 4.98 Å². The Morgan fingerprint density at radius 2 is 2.24 bits per heavy atom. The number of pyridine rings is 1. The SMILES string of the molecule is CCC1CCCCCN1c1ncc(N)cc1C. The number of rotatable bonds is 2. The Hall–Kier alpha value is -1.25. The molecule has 0 radical (unpaired) electrons. The summed E-state index contributed by atoms with van der Waals surface area (Å²) in [4.78, 5) is 7.03. The lowest BCUT2D eigenvalue weighted by Gasteiger charge is -2.31. The van der Waals surface area contributed by atoms with E-state index in [1.165, 1.54) is 37.7 Å². The third kappa shape index (κ3) is 2.71. The van der Waals surface area contributed by atoms with E-state index in [0.29, 0.717) is 6.04 Å². The summed E-state index contributed by atoms with van der Waals surface area (Å²) in [5.41, 5.74) is 7.73. The number of aryl methyl sites for hydroxylation is 1. The van der Waals surface area contributed by atoms with Crippen molar-refractivity contribution in [1.29, 1.82) is 0 Å². The van der Waals surface area contributed by atoms with Gasteiger partial charge < -0.3 is 10.6 Å². The highest BCUT2D eigenvalue weighted by molar-refractivity contribution is 5.53. The van der Waals surface area contributed by atoms with E-state index in [1.54, 1.807) is 6.20 Å². The molecule has 2 heterocycles. The number of nitrogens with zero attached hydrogens (tertiary/aromatic N) is 2. The van der Waals surface area contributed by atoms with Gasteiger partial charge in [0.05, 0.1) is 11.9 Å². The summed E-state index contributed by atoms with van der Waals surface area (Å²) in [5.74, 6) is 1.13. The summed E-state index contributed by atoms with van der Waals surface area (Å²) in [6.45, 7) is 5.52. The van der Waals surface area contributed by atoms with Gasteiger partial charge in [-0.2, -0.15) is 0 Å². The van der Waals surface area contributed by atoms with E-state index in [9.17, 15) is 0 Å². The molecule has 2 rings (SSSR count). The number of hydrogen-bond donors (Lipinski definition) is 1. The van der Waals surface area contributed by atoms with Gasteiger partial charge >= 0.3 is 0 Å². The number of hydrogen-bond acceptors (Lipinski definition) is 3. The predicted molar refractivity (Wildman–Crippen MR) is 73.3 cm³/mol. The summed E-state index contributed by atoms with van der Waals surface area (Å²) in [5, 5.41) is 0. The summed E-state index contributed by atoms with van der Waals surface area (Å²) in [6, 6.07) is 2.67. The van der Waals surface area contributed by atoms with Crippen molar-refractivity contribution in [1.82, 2.24) is 4.98 Å². The van der Waals surface area contributed by atoms with Crippen LogP contribution in [0.3, 0.4) is 0 Å². The van der Waals surface area contributed by atoms with Crippen LogP contribution in [0.25, 0.3) is 0 Å². The summed E-state index contributed by atoms with van der Waals surface area (Å²) in [6.07, 6.45) is 8.25. The third-order valence-corrected chi connectivity index (χ3v) is 3.69. The van der Waals surface area contributed by atoms with Crippen molar-refractivity contribution in [2.24, 2.45) is 0 Å². The van der Waals surface area contributed by atoms with Gasteiger partial charge in [0, 0.05) is 12.6 Å². The molecule has 1 fully saturated rings. The fraction of sp³-hybridized carbons (Fsp3) is 0.643. The average Bonchev–Trinajstić information content (AvgIpc) is 2.54. The number of nitrogens with two attached hydrogens (primary N) is 1. The Balaban J connectivity index is 2.28. The minimum Gasteiger partial charge on any atom is -0.397 e. The lowest BCUT2D eigenvalue weighted by atomic mass is 10.1. The molecule has 0 amide bonds. The van der Waals surface area contributed by atoms with Crippen LogP contribution in [-0.2, 0) is 0 Å². The van der Waals surface area contributed by atoms with E-state index in [1.807, 2.05) is 6.07 Å². The summed E-state index contributed by atoms with van der Waals surface area (Å²) < 4.78 is 0. The Morgan fingerprint density at radius 3 is 2.94 bits per heavy atom. The zero-order valence-electron chi connectivity index (χ0n) is 10.9. The van der Waals surface area contributed by atoms with Crippen molar-refractivity contribution >= 4 is 11.5 Å². The van der Waals surface area contributed by atoms with E-state index in [4.69, 9.17) is 5.73 Å². The highest BCUT2D eigenvalue weighted by atomic mass is 15.2. The monoisotopic (exact) mass is 233 g/mol. The van der Waals surface area contributed by atoms with Crippen LogP contribution in [0.1, 0.15) is 44.6 Å². The first-order valence-corrected chi connectivity index (χ1v) is 6.71. The fourth-order valence-corrected chi connectivity index (χ4v) is 2.77. The molecule has 1 aliphatic heterocycles. The van der Waals surface area contributed by atoms with E-state index >= 15 is 0 Å². The van der Waals surface area contributed by atoms with Crippen LogP contribution in [0, 0.1) is 6.92 Å². The number of anilines is 2. The van der Waals surface area contributed by atoms with Crippen LogP contribution in [0.5, 0.6) is 0 Å². The first-order chi connectivity index (χ1) is 8.22. The lowest BCUT2D eigenvalue weighted by molar-refractivity contribution is 0.551. The highest BCUT2D eigenvalue weighted by Gasteiger charge is 2.21. The van der Waals surface area contributed by atoms with Crippen LogP contribution in [0.15, 0.2) is 12.3 Å². The topological polar surface area (TPSA) is 42.2 Å². The van der Waals surface area contributed by atoms with Crippen molar-refractivity contribution in [3.8, 4) is 0 Å². The zero-order chi connectivity index (χ0) is 12.3. The first kappa shape index (κ1) is 12.2. The quantitative estimate of drug-likeness (QED) is 0.853. The molecule has 1 atom stereocenters. The van der Waals surface area contributed by atoms with E-state index in [2.05, 4.69) is 23.7 Å². The molecule has 17 heavy (non-hydrogen) atoms. The van der Waals surface area contributed by atoms with Crippen molar-refractivity contribution in [3.05, 3.63) is 17.8 Å². The third-order valence-electron chi connectivity index (χ3n) is 3.69. The van der Waals surface area contributed by atoms with E-state index in [0.717, 1.165) is 18.1 Å². The second-order valence-corrected chi connectivity index (χ2v) is 5.01. The molecule has 0 bridgehead atoms. The van der Waals surface area contributed by atoms with Gasteiger partial charge in [-0.1, -0.05) is 19.8 Å². The van der Waals surface area contributed by atoms with Gasteiger partial charge in [-0.05, 0) is 37.8 Å². The van der Waals surface area contributed by atoms with Crippen molar-refractivity contribution in [3.63, 3.8) is 0 Å². The van der Waals surface area contributed by atoms with Gasteiger partial charge in [-0.3, -0.25) is 0 Å². The fourth-order valence-electron chi connectivity index (χ4n) is 2.77. The molecule has 1 aromatic rings. The minimum absolute atomic E-state index is 0.646. The molecule has 1 aliphatic rings.